The molecule has 0 bridgehead atoms. The minimum Gasteiger partial charge on any atom is -0.370 e. The molecule has 0 saturated carbocycles. The molecule has 0 aliphatic rings. The summed E-state index contributed by atoms with van der Waals surface area (Å²) >= 11 is 0. The van der Waals surface area contributed by atoms with Crippen molar-refractivity contribution < 1.29 is 4.39 Å². The number of nitrogens with one attached hydrogen (secondary N) is 1. The molecule has 0 fully saturated rings. The summed E-state index contributed by atoms with van der Waals surface area (Å²) in [5.41, 5.74) is 1.64. The van der Waals surface area contributed by atoms with E-state index in [-0.39, 0.29) is 5.82 Å². The number of anilines is 1. The Bertz CT molecular complexity index is 361. The van der Waals surface area contributed by atoms with Crippen LogP contribution in [-0.4, -0.2) is 19.1 Å². The summed E-state index contributed by atoms with van der Waals surface area (Å²) in [6.45, 7) is 8.97. The van der Waals surface area contributed by atoms with Crippen LogP contribution in [0.2, 0.25) is 0 Å². The lowest BCUT2D eigenvalue weighted by Crippen LogP contribution is -2.26. The van der Waals surface area contributed by atoms with Crippen molar-refractivity contribution >= 4 is 5.69 Å². The number of halogens is 1. The summed E-state index contributed by atoms with van der Waals surface area (Å²) in [6, 6.07) is 6.16. The largest absolute Gasteiger partial charge is 0.370 e. The summed E-state index contributed by atoms with van der Waals surface area (Å²) in [7, 11) is 1.91. The summed E-state index contributed by atoms with van der Waals surface area (Å²) in [4.78, 5) is 1.94. The van der Waals surface area contributed by atoms with Crippen LogP contribution in [0.4, 0.5) is 10.1 Å². The van der Waals surface area contributed by atoms with Gasteiger partial charge < -0.3 is 10.2 Å². The molecule has 0 aliphatic heterocycles. The van der Waals surface area contributed by atoms with E-state index in [0.29, 0.717) is 24.3 Å². The number of benzene rings is 1. The summed E-state index contributed by atoms with van der Waals surface area (Å²) in [5, 5.41) is 3.28. The topological polar surface area (TPSA) is 15.3 Å². The first-order valence-corrected chi connectivity index (χ1v) is 6.16. The molecule has 1 N–H and O–H groups in total. The van der Waals surface area contributed by atoms with Crippen LogP contribution in [0.5, 0.6) is 0 Å². The third kappa shape index (κ3) is 4.00. The van der Waals surface area contributed by atoms with Crippen molar-refractivity contribution in [1.82, 2.24) is 5.32 Å². The van der Waals surface area contributed by atoms with Crippen LogP contribution in [0, 0.1) is 5.82 Å². The molecule has 0 amide bonds. The average molecular weight is 238 g/mol. The molecule has 0 saturated heterocycles. The third-order valence-electron chi connectivity index (χ3n) is 2.88. The van der Waals surface area contributed by atoms with E-state index in [1.165, 1.54) is 0 Å². The maximum Gasteiger partial charge on any atom is 0.146 e. The lowest BCUT2D eigenvalue weighted by Gasteiger charge is -2.24. The van der Waals surface area contributed by atoms with Gasteiger partial charge in [0.15, 0.2) is 0 Å². The van der Waals surface area contributed by atoms with Crippen molar-refractivity contribution in [2.45, 2.75) is 46.3 Å². The van der Waals surface area contributed by atoms with E-state index in [1.54, 1.807) is 6.07 Å². The molecule has 0 atom stereocenters. The minimum absolute atomic E-state index is 0.149. The Morgan fingerprint density at radius 3 is 2.35 bits per heavy atom. The van der Waals surface area contributed by atoms with Crippen LogP contribution in [0.1, 0.15) is 33.3 Å². The van der Waals surface area contributed by atoms with E-state index in [4.69, 9.17) is 0 Å². The molecule has 0 radical (unpaired) electrons. The van der Waals surface area contributed by atoms with Gasteiger partial charge in [-0.25, -0.2) is 4.39 Å². The number of hydrogen-bond donors (Lipinski definition) is 1. The Hall–Kier alpha value is -1.09. The van der Waals surface area contributed by atoms with Gasteiger partial charge in [0.2, 0.25) is 0 Å². The van der Waals surface area contributed by atoms with Gasteiger partial charge in [-0.1, -0.05) is 19.9 Å². The molecular formula is C14H23FN2. The Morgan fingerprint density at radius 2 is 1.88 bits per heavy atom. The second-order valence-electron chi connectivity index (χ2n) is 5.03. The Morgan fingerprint density at radius 1 is 1.24 bits per heavy atom. The lowest BCUT2D eigenvalue weighted by atomic mass is 10.1. The first-order valence-electron chi connectivity index (χ1n) is 6.16. The van der Waals surface area contributed by atoms with Crippen LogP contribution in [0.25, 0.3) is 0 Å². The molecule has 17 heavy (non-hydrogen) atoms. The van der Waals surface area contributed by atoms with Gasteiger partial charge in [-0.15, -0.1) is 0 Å². The maximum absolute atomic E-state index is 13.9. The first-order chi connectivity index (χ1) is 7.91. The second-order valence-corrected chi connectivity index (χ2v) is 5.03. The van der Waals surface area contributed by atoms with Crippen LogP contribution >= 0.6 is 0 Å². The Kier molecular flexibility index (Phi) is 4.94. The van der Waals surface area contributed by atoms with Crippen molar-refractivity contribution in [3.63, 3.8) is 0 Å². The van der Waals surface area contributed by atoms with Gasteiger partial charge in [-0.2, -0.15) is 0 Å². The van der Waals surface area contributed by atoms with Crippen molar-refractivity contribution in [3.05, 3.63) is 29.6 Å². The smallest absolute Gasteiger partial charge is 0.146 e. The fraction of sp³-hybridized carbons (Fsp3) is 0.571. The predicted octanol–water partition coefficient (Wildman–Crippen LogP) is 3.17. The van der Waals surface area contributed by atoms with Gasteiger partial charge in [0, 0.05) is 25.7 Å². The van der Waals surface area contributed by atoms with E-state index in [1.807, 2.05) is 37.9 Å². The van der Waals surface area contributed by atoms with Crippen molar-refractivity contribution in [2.75, 3.05) is 11.9 Å². The molecule has 2 nitrogen and oxygen atoms in total. The van der Waals surface area contributed by atoms with Crippen LogP contribution in [-0.2, 0) is 6.54 Å². The van der Waals surface area contributed by atoms with Gasteiger partial charge in [-0.3, -0.25) is 0 Å². The zero-order chi connectivity index (χ0) is 13.0. The van der Waals surface area contributed by atoms with E-state index < -0.39 is 0 Å². The highest BCUT2D eigenvalue weighted by Gasteiger charge is 2.10. The minimum atomic E-state index is -0.149. The molecule has 0 spiro atoms. The van der Waals surface area contributed by atoms with E-state index >= 15 is 0 Å². The molecule has 0 unspecified atom stereocenters. The molecule has 0 aliphatic carbocycles. The molecule has 3 heteroatoms. The maximum atomic E-state index is 13.9. The fourth-order valence-electron chi connectivity index (χ4n) is 1.55. The molecule has 0 aromatic heterocycles. The highest BCUT2D eigenvalue weighted by molar-refractivity contribution is 5.49. The van der Waals surface area contributed by atoms with E-state index in [0.717, 1.165) is 5.56 Å². The Balaban J connectivity index is 2.79. The molecule has 1 aromatic rings. The predicted molar refractivity (Wildman–Crippen MR) is 71.9 cm³/mol. The number of rotatable bonds is 5. The van der Waals surface area contributed by atoms with Crippen LogP contribution in [0.15, 0.2) is 18.2 Å². The highest BCUT2D eigenvalue weighted by Crippen LogP contribution is 2.21. The van der Waals surface area contributed by atoms with Gasteiger partial charge in [0.1, 0.15) is 5.82 Å². The molecule has 1 rings (SSSR count). The average Bonchev–Trinajstić information content (AvgIpc) is 2.25. The third-order valence-corrected chi connectivity index (χ3v) is 2.88. The zero-order valence-electron chi connectivity index (χ0n) is 11.4. The van der Waals surface area contributed by atoms with Gasteiger partial charge >= 0.3 is 0 Å². The van der Waals surface area contributed by atoms with Crippen LogP contribution < -0.4 is 10.2 Å². The highest BCUT2D eigenvalue weighted by atomic mass is 19.1. The summed E-state index contributed by atoms with van der Waals surface area (Å²) in [5.74, 6) is -0.149. The fourth-order valence-corrected chi connectivity index (χ4v) is 1.55. The number of nitrogens with zero attached hydrogens (tertiary/aromatic N) is 1. The van der Waals surface area contributed by atoms with Gasteiger partial charge in [-0.05, 0) is 31.5 Å². The number of hydrogen-bond acceptors (Lipinski definition) is 2. The van der Waals surface area contributed by atoms with E-state index in [2.05, 4.69) is 19.2 Å². The zero-order valence-corrected chi connectivity index (χ0v) is 11.4. The van der Waals surface area contributed by atoms with Crippen LogP contribution in [0.3, 0.4) is 0 Å². The summed E-state index contributed by atoms with van der Waals surface area (Å²) in [6.07, 6.45) is 0. The van der Waals surface area contributed by atoms with E-state index in [9.17, 15) is 4.39 Å². The van der Waals surface area contributed by atoms with Gasteiger partial charge in [0.25, 0.3) is 0 Å². The first kappa shape index (κ1) is 14.0. The van der Waals surface area contributed by atoms with Crippen molar-refractivity contribution in [3.8, 4) is 0 Å². The van der Waals surface area contributed by atoms with Crippen molar-refractivity contribution in [2.24, 2.45) is 0 Å². The lowest BCUT2D eigenvalue weighted by molar-refractivity contribution is 0.579. The SMILES string of the molecule is CC(C)NCc1ccc(N(C)C(C)C)c(F)c1. The molecule has 96 valence electrons. The normalized spacial score (nSPS) is 11.3. The molecule has 0 heterocycles. The van der Waals surface area contributed by atoms with Crippen molar-refractivity contribution in [1.29, 1.82) is 0 Å². The standard InChI is InChI=1S/C14H23FN2/c1-10(2)16-9-12-6-7-14(13(15)8-12)17(5)11(3)4/h6-8,10-11,16H,9H2,1-5H3. The summed E-state index contributed by atoms with van der Waals surface area (Å²) < 4.78 is 13.9. The second kappa shape index (κ2) is 6.01. The molecule has 1 aromatic carbocycles. The van der Waals surface area contributed by atoms with Gasteiger partial charge in [0.05, 0.1) is 5.69 Å². The monoisotopic (exact) mass is 238 g/mol. The Labute approximate surface area is 104 Å². The quantitative estimate of drug-likeness (QED) is 0.847. The molecular weight excluding hydrogens is 215 g/mol.